The van der Waals surface area contributed by atoms with Crippen molar-refractivity contribution in [3.63, 3.8) is 0 Å². The molecule has 3 fully saturated rings. The van der Waals surface area contributed by atoms with Crippen LogP contribution in [-0.4, -0.2) is 44.8 Å². The monoisotopic (exact) mass is 410 g/mol. The zero-order valence-corrected chi connectivity index (χ0v) is 18.0. The normalized spacial score (nSPS) is 25.3. The van der Waals surface area contributed by atoms with Gasteiger partial charge in [0.05, 0.1) is 22.7 Å². The molecule has 1 atom stereocenters. The average molecular weight is 411 g/mol. The number of amides is 1. The summed E-state index contributed by atoms with van der Waals surface area (Å²) in [5.41, 5.74) is 4.24. The van der Waals surface area contributed by atoms with Gasteiger partial charge >= 0.3 is 0 Å². The highest BCUT2D eigenvalue weighted by atomic mass is 32.1. The maximum absolute atomic E-state index is 13.5. The smallest absolute Gasteiger partial charge is 0.232 e. The number of hydrogen-bond donors (Lipinski definition) is 0. The van der Waals surface area contributed by atoms with Crippen LogP contribution in [0.25, 0.3) is 0 Å². The van der Waals surface area contributed by atoms with Gasteiger partial charge in [-0.1, -0.05) is 19.3 Å². The van der Waals surface area contributed by atoms with E-state index < -0.39 is 0 Å². The van der Waals surface area contributed by atoms with Crippen LogP contribution in [0.3, 0.4) is 0 Å². The Hall–Kier alpha value is -1.79. The first kappa shape index (κ1) is 19.2. The Balaban J connectivity index is 1.31. The van der Waals surface area contributed by atoms with Gasteiger partial charge in [0.25, 0.3) is 0 Å². The van der Waals surface area contributed by atoms with Gasteiger partial charge in [0.2, 0.25) is 5.91 Å². The van der Waals surface area contributed by atoms with E-state index in [1.54, 1.807) is 11.3 Å². The number of thiazole rings is 1. The summed E-state index contributed by atoms with van der Waals surface area (Å²) in [5, 5.41) is 0. The Morgan fingerprint density at radius 2 is 1.86 bits per heavy atom. The third kappa shape index (κ3) is 3.30. The van der Waals surface area contributed by atoms with Gasteiger partial charge < -0.3 is 4.90 Å². The summed E-state index contributed by atoms with van der Waals surface area (Å²) in [6.07, 6.45) is 11.7. The summed E-state index contributed by atoms with van der Waals surface area (Å²) in [7, 11) is 0. The minimum atomic E-state index is -0.142. The molecule has 1 unspecified atom stereocenters. The van der Waals surface area contributed by atoms with Gasteiger partial charge in [0.15, 0.2) is 0 Å². The van der Waals surface area contributed by atoms with Gasteiger partial charge in [0, 0.05) is 42.9 Å². The van der Waals surface area contributed by atoms with Crippen molar-refractivity contribution < 1.29 is 4.79 Å². The highest BCUT2D eigenvalue weighted by molar-refractivity contribution is 7.09. The first-order valence-electron chi connectivity index (χ1n) is 11.0. The van der Waals surface area contributed by atoms with Crippen molar-refractivity contribution in [2.24, 2.45) is 5.41 Å². The van der Waals surface area contributed by atoms with Crippen molar-refractivity contribution in [1.29, 1.82) is 0 Å². The zero-order valence-electron chi connectivity index (χ0n) is 17.2. The van der Waals surface area contributed by atoms with E-state index in [0.717, 1.165) is 51.0 Å². The Morgan fingerprint density at radius 1 is 1.14 bits per heavy atom. The van der Waals surface area contributed by atoms with Gasteiger partial charge in [-0.2, -0.15) is 0 Å². The van der Waals surface area contributed by atoms with Crippen molar-refractivity contribution in [2.45, 2.75) is 70.5 Å². The second kappa shape index (κ2) is 7.80. The molecule has 6 heteroatoms. The topological polar surface area (TPSA) is 49.3 Å². The largest absolute Gasteiger partial charge is 0.331 e. The standard InChI is InChI=1S/C23H30N4OS/c1-17-20(29-16-25-17)15-26-13-7-19(8-14-26)27-21(18-5-11-24-12-6-18)23(22(27)28)9-3-2-4-10-23/h5-6,11-12,16,19,21H,2-4,7-10,13-15H2,1H3. The molecule has 1 saturated carbocycles. The van der Waals surface area contributed by atoms with Crippen LogP contribution in [0.15, 0.2) is 30.0 Å². The lowest BCUT2D eigenvalue weighted by Crippen LogP contribution is -2.67. The second-order valence-electron chi connectivity index (χ2n) is 8.98. The number of piperidine rings is 1. The fourth-order valence-electron chi connectivity index (χ4n) is 5.80. The van der Waals surface area contributed by atoms with E-state index >= 15 is 0 Å². The molecule has 2 aliphatic heterocycles. The second-order valence-corrected chi connectivity index (χ2v) is 9.92. The molecule has 4 heterocycles. The highest BCUT2D eigenvalue weighted by Gasteiger charge is 2.62. The number of hydrogen-bond acceptors (Lipinski definition) is 5. The third-order valence-corrected chi connectivity index (χ3v) is 8.31. The quantitative estimate of drug-likeness (QED) is 0.704. The number of carbonyl (C=O) groups is 1. The number of rotatable bonds is 4. The molecule has 5 nitrogen and oxygen atoms in total. The Labute approximate surface area is 177 Å². The Kier molecular flexibility index (Phi) is 5.16. The first-order valence-corrected chi connectivity index (χ1v) is 11.9. The van der Waals surface area contributed by atoms with E-state index in [4.69, 9.17) is 0 Å². The molecule has 1 amide bonds. The van der Waals surface area contributed by atoms with E-state index in [-0.39, 0.29) is 11.5 Å². The minimum Gasteiger partial charge on any atom is -0.331 e. The predicted molar refractivity (Wildman–Crippen MR) is 114 cm³/mol. The lowest BCUT2D eigenvalue weighted by atomic mass is 9.59. The molecule has 2 aromatic rings. The number of aryl methyl sites for hydroxylation is 1. The number of pyridine rings is 1. The van der Waals surface area contributed by atoms with Crippen molar-refractivity contribution in [3.05, 3.63) is 46.2 Å². The lowest BCUT2D eigenvalue weighted by molar-refractivity contribution is -0.186. The van der Waals surface area contributed by atoms with Crippen molar-refractivity contribution >= 4 is 17.2 Å². The molecule has 154 valence electrons. The number of carbonyl (C=O) groups excluding carboxylic acids is 1. The average Bonchev–Trinajstić information content (AvgIpc) is 3.18. The van der Waals surface area contributed by atoms with E-state index in [0.29, 0.717) is 11.9 Å². The molecule has 1 spiro atoms. The van der Waals surface area contributed by atoms with Crippen LogP contribution in [0.5, 0.6) is 0 Å². The first-order chi connectivity index (χ1) is 14.2. The van der Waals surface area contributed by atoms with E-state index in [1.807, 2.05) is 17.9 Å². The van der Waals surface area contributed by atoms with Crippen molar-refractivity contribution in [3.8, 4) is 0 Å². The van der Waals surface area contributed by atoms with Crippen LogP contribution in [0.2, 0.25) is 0 Å². The van der Waals surface area contributed by atoms with Crippen molar-refractivity contribution in [1.82, 2.24) is 19.8 Å². The molecule has 1 aliphatic carbocycles. The summed E-state index contributed by atoms with van der Waals surface area (Å²) >= 11 is 1.76. The van der Waals surface area contributed by atoms with Gasteiger partial charge in [-0.05, 0) is 50.3 Å². The predicted octanol–water partition coefficient (Wildman–Crippen LogP) is 4.34. The zero-order chi connectivity index (χ0) is 19.8. The summed E-state index contributed by atoms with van der Waals surface area (Å²) < 4.78 is 0. The SMILES string of the molecule is Cc1ncsc1CN1CCC(N2C(=O)C3(CCCCC3)C2c2ccncc2)CC1. The van der Waals surface area contributed by atoms with Crippen LogP contribution < -0.4 is 0 Å². The van der Waals surface area contributed by atoms with Gasteiger partial charge in [-0.15, -0.1) is 11.3 Å². The van der Waals surface area contributed by atoms with Gasteiger partial charge in [0.1, 0.15) is 0 Å². The molecule has 0 bridgehead atoms. The fourth-order valence-corrected chi connectivity index (χ4v) is 6.62. The van der Waals surface area contributed by atoms with Crippen LogP contribution in [-0.2, 0) is 11.3 Å². The van der Waals surface area contributed by atoms with Gasteiger partial charge in [-0.25, -0.2) is 4.98 Å². The number of nitrogens with zero attached hydrogens (tertiary/aromatic N) is 4. The molecule has 2 aromatic heterocycles. The minimum absolute atomic E-state index is 0.142. The van der Waals surface area contributed by atoms with Crippen LogP contribution >= 0.6 is 11.3 Å². The van der Waals surface area contributed by atoms with E-state index in [2.05, 4.69) is 38.8 Å². The maximum atomic E-state index is 13.5. The highest BCUT2D eigenvalue weighted by Crippen LogP contribution is 2.59. The molecule has 29 heavy (non-hydrogen) atoms. The molecule has 2 saturated heterocycles. The molecule has 0 N–H and O–H groups in total. The van der Waals surface area contributed by atoms with E-state index in [9.17, 15) is 4.79 Å². The molecule has 0 radical (unpaired) electrons. The summed E-state index contributed by atoms with van der Waals surface area (Å²) in [4.78, 5) is 28.3. The summed E-state index contributed by atoms with van der Waals surface area (Å²) in [6.45, 7) is 5.21. The molecular weight excluding hydrogens is 380 g/mol. The van der Waals surface area contributed by atoms with Gasteiger partial charge in [-0.3, -0.25) is 14.7 Å². The lowest BCUT2D eigenvalue weighted by Gasteiger charge is -2.61. The molecule has 3 aliphatic rings. The summed E-state index contributed by atoms with van der Waals surface area (Å²) in [5.74, 6) is 0.427. The number of likely N-dealkylation sites (tertiary alicyclic amines) is 2. The maximum Gasteiger partial charge on any atom is 0.232 e. The molecule has 5 rings (SSSR count). The van der Waals surface area contributed by atoms with E-state index in [1.165, 1.54) is 29.7 Å². The molecule has 0 aromatic carbocycles. The molecular formula is C23H30N4OS. The number of β-lactam (4-membered cyclic amide) rings is 1. The fraction of sp³-hybridized carbons (Fsp3) is 0.609. The van der Waals surface area contributed by atoms with Crippen LogP contribution in [0.1, 0.15) is 67.1 Å². The Morgan fingerprint density at radius 3 is 2.52 bits per heavy atom. The van der Waals surface area contributed by atoms with Crippen LogP contribution in [0.4, 0.5) is 0 Å². The summed E-state index contributed by atoms with van der Waals surface area (Å²) in [6, 6.07) is 4.87. The number of aromatic nitrogens is 2. The Bertz CT molecular complexity index is 853. The van der Waals surface area contributed by atoms with Crippen molar-refractivity contribution in [2.75, 3.05) is 13.1 Å². The third-order valence-electron chi connectivity index (χ3n) is 7.39. The van der Waals surface area contributed by atoms with Crippen LogP contribution in [0, 0.1) is 12.3 Å².